The van der Waals surface area contributed by atoms with Crippen LogP contribution in [0.4, 0.5) is 0 Å². The highest BCUT2D eigenvalue weighted by Gasteiger charge is 2.20. The smallest absolute Gasteiger partial charge is 0.256 e. The monoisotopic (exact) mass is 299 g/mol. The van der Waals surface area contributed by atoms with E-state index in [4.69, 9.17) is 0 Å². The topological polar surface area (TPSA) is 63.9 Å². The molecule has 0 unspecified atom stereocenters. The van der Waals surface area contributed by atoms with Crippen LogP contribution in [0.1, 0.15) is 24.0 Å². The molecule has 0 aromatic carbocycles. The summed E-state index contributed by atoms with van der Waals surface area (Å²) in [6, 6.07) is 0. The third-order valence-corrected chi connectivity index (χ3v) is 4.25. The van der Waals surface area contributed by atoms with Crippen molar-refractivity contribution in [1.82, 2.24) is 24.4 Å². The van der Waals surface area contributed by atoms with Gasteiger partial charge in [0.25, 0.3) is 5.56 Å². The Balaban J connectivity index is 1.54. The van der Waals surface area contributed by atoms with E-state index in [1.165, 1.54) is 0 Å². The molecule has 0 spiro atoms. The molecule has 0 radical (unpaired) electrons. The lowest BCUT2D eigenvalue weighted by atomic mass is 9.96. The number of rotatable bonds is 4. The van der Waals surface area contributed by atoms with E-state index in [0.29, 0.717) is 11.5 Å². The zero-order valence-electron chi connectivity index (χ0n) is 12.9. The van der Waals surface area contributed by atoms with Crippen LogP contribution < -0.4 is 5.56 Å². The largest absolute Gasteiger partial charge is 0.299 e. The number of aryl methyl sites for hydroxylation is 1. The van der Waals surface area contributed by atoms with Crippen LogP contribution in [-0.2, 0) is 13.1 Å². The minimum atomic E-state index is 0.0823. The molecule has 0 atom stereocenters. The third-order valence-electron chi connectivity index (χ3n) is 4.25. The quantitative estimate of drug-likeness (QED) is 0.850. The van der Waals surface area contributed by atoms with Crippen molar-refractivity contribution in [3.8, 4) is 0 Å². The number of nitrogens with zero attached hydrogens (tertiary/aromatic N) is 5. The van der Waals surface area contributed by atoms with Gasteiger partial charge in [-0.2, -0.15) is 0 Å². The molecule has 0 N–H and O–H groups in total. The highest BCUT2D eigenvalue weighted by atomic mass is 16.1. The SMILES string of the molecule is Cc1cncn(CC2CCN(Cc3cncnc3)CC2)c1=O. The van der Waals surface area contributed by atoms with Crippen molar-refractivity contribution in [2.45, 2.75) is 32.9 Å². The van der Waals surface area contributed by atoms with Crippen LogP contribution in [0.2, 0.25) is 0 Å². The van der Waals surface area contributed by atoms with Gasteiger partial charge in [0.1, 0.15) is 6.33 Å². The first-order valence-corrected chi connectivity index (χ1v) is 7.69. The second-order valence-electron chi connectivity index (χ2n) is 6.00. The lowest BCUT2D eigenvalue weighted by Crippen LogP contribution is -2.36. The van der Waals surface area contributed by atoms with Crippen molar-refractivity contribution in [3.63, 3.8) is 0 Å². The maximum absolute atomic E-state index is 12.0. The fourth-order valence-corrected chi connectivity index (χ4v) is 2.96. The number of likely N-dealkylation sites (tertiary alicyclic amines) is 1. The molecule has 22 heavy (non-hydrogen) atoms. The van der Waals surface area contributed by atoms with Gasteiger partial charge < -0.3 is 0 Å². The first-order chi connectivity index (χ1) is 10.7. The van der Waals surface area contributed by atoms with Gasteiger partial charge in [0, 0.05) is 42.8 Å². The molecular weight excluding hydrogens is 278 g/mol. The van der Waals surface area contributed by atoms with Crippen LogP contribution in [0, 0.1) is 12.8 Å². The fraction of sp³-hybridized carbons (Fsp3) is 0.500. The van der Waals surface area contributed by atoms with E-state index in [2.05, 4.69) is 19.9 Å². The Morgan fingerprint density at radius 2 is 1.86 bits per heavy atom. The molecule has 0 aliphatic carbocycles. The van der Waals surface area contributed by atoms with Crippen LogP contribution >= 0.6 is 0 Å². The summed E-state index contributed by atoms with van der Waals surface area (Å²) >= 11 is 0. The van der Waals surface area contributed by atoms with E-state index in [1.807, 2.05) is 19.3 Å². The Hall–Kier alpha value is -2.08. The zero-order chi connectivity index (χ0) is 15.4. The standard InChI is InChI=1S/C16H21N5O/c1-13-6-19-12-21(16(13)22)10-14-2-4-20(5-3-14)9-15-7-17-11-18-8-15/h6-8,11-12,14H,2-5,9-10H2,1H3. The summed E-state index contributed by atoms with van der Waals surface area (Å²) < 4.78 is 1.75. The Morgan fingerprint density at radius 3 is 2.59 bits per heavy atom. The Bertz CT molecular complexity index is 662. The molecule has 3 rings (SSSR count). The number of piperidine rings is 1. The maximum atomic E-state index is 12.0. The summed E-state index contributed by atoms with van der Waals surface area (Å²) in [4.78, 5) is 26.7. The summed E-state index contributed by atoms with van der Waals surface area (Å²) in [6.45, 7) is 5.59. The average molecular weight is 299 g/mol. The molecule has 1 aliphatic rings. The first-order valence-electron chi connectivity index (χ1n) is 7.69. The van der Waals surface area contributed by atoms with Crippen molar-refractivity contribution in [2.24, 2.45) is 5.92 Å². The van der Waals surface area contributed by atoms with Gasteiger partial charge in [0.15, 0.2) is 0 Å². The minimum Gasteiger partial charge on any atom is -0.299 e. The first kappa shape index (κ1) is 14.8. The van der Waals surface area contributed by atoms with Gasteiger partial charge in [-0.15, -0.1) is 0 Å². The summed E-state index contributed by atoms with van der Waals surface area (Å²) in [7, 11) is 0. The van der Waals surface area contributed by atoms with Gasteiger partial charge >= 0.3 is 0 Å². The van der Waals surface area contributed by atoms with Crippen molar-refractivity contribution >= 4 is 0 Å². The zero-order valence-corrected chi connectivity index (χ0v) is 12.9. The average Bonchev–Trinajstić information content (AvgIpc) is 2.55. The van der Waals surface area contributed by atoms with E-state index in [9.17, 15) is 4.79 Å². The molecule has 2 aromatic heterocycles. The number of aromatic nitrogens is 4. The third kappa shape index (κ3) is 3.57. The molecule has 2 aromatic rings. The molecule has 0 bridgehead atoms. The molecule has 3 heterocycles. The highest BCUT2D eigenvalue weighted by Crippen LogP contribution is 2.19. The lowest BCUT2D eigenvalue weighted by Gasteiger charge is -2.32. The van der Waals surface area contributed by atoms with Crippen LogP contribution in [-0.4, -0.2) is 37.5 Å². The Morgan fingerprint density at radius 1 is 1.14 bits per heavy atom. The molecule has 0 amide bonds. The van der Waals surface area contributed by atoms with Crippen LogP contribution in [0.3, 0.4) is 0 Å². The van der Waals surface area contributed by atoms with Crippen LogP contribution in [0.5, 0.6) is 0 Å². The van der Waals surface area contributed by atoms with E-state index in [1.54, 1.807) is 23.4 Å². The molecule has 0 saturated carbocycles. The van der Waals surface area contributed by atoms with E-state index in [0.717, 1.165) is 44.6 Å². The van der Waals surface area contributed by atoms with Gasteiger partial charge in [0.2, 0.25) is 0 Å². The minimum absolute atomic E-state index is 0.0823. The van der Waals surface area contributed by atoms with Crippen molar-refractivity contribution < 1.29 is 0 Å². The molecule has 1 aliphatic heterocycles. The van der Waals surface area contributed by atoms with E-state index >= 15 is 0 Å². The van der Waals surface area contributed by atoms with Crippen LogP contribution in [0.15, 0.2) is 36.0 Å². The van der Waals surface area contributed by atoms with Crippen molar-refractivity contribution in [2.75, 3.05) is 13.1 Å². The van der Waals surface area contributed by atoms with Gasteiger partial charge in [0.05, 0.1) is 6.33 Å². The van der Waals surface area contributed by atoms with Crippen molar-refractivity contribution in [3.05, 3.63) is 52.7 Å². The number of hydrogen-bond donors (Lipinski definition) is 0. The van der Waals surface area contributed by atoms with Gasteiger partial charge in [-0.3, -0.25) is 14.3 Å². The lowest BCUT2D eigenvalue weighted by molar-refractivity contribution is 0.166. The molecule has 1 saturated heterocycles. The molecule has 6 nitrogen and oxygen atoms in total. The molecule has 6 heteroatoms. The van der Waals surface area contributed by atoms with Crippen molar-refractivity contribution in [1.29, 1.82) is 0 Å². The Kier molecular flexibility index (Phi) is 4.58. The van der Waals surface area contributed by atoms with Crippen LogP contribution in [0.25, 0.3) is 0 Å². The fourth-order valence-electron chi connectivity index (χ4n) is 2.96. The summed E-state index contributed by atoms with van der Waals surface area (Å²) in [5.74, 6) is 0.546. The van der Waals surface area contributed by atoms with Gasteiger partial charge in [-0.25, -0.2) is 15.0 Å². The summed E-state index contributed by atoms with van der Waals surface area (Å²) in [5.41, 5.74) is 1.95. The predicted molar refractivity (Wildman–Crippen MR) is 83.3 cm³/mol. The number of hydrogen-bond acceptors (Lipinski definition) is 5. The second kappa shape index (κ2) is 6.79. The summed E-state index contributed by atoms with van der Waals surface area (Å²) in [5, 5.41) is 0. The maximum Gasteiger partial charge on any atom is 0.256 e. The van der Waals surface area contributed by atoms with Gasteiger partial charge in [-0.05, 0) is 38.8 Å². The normalized spacial score (nSPS) is 16.8. The predicted octanol–water partition coefficient (Wildman–Crippen LogP) is 1.25. The molecule has 116 valence electrons. The Labute approximate surface area is 129 Å². The highest BCUT2D eigenvalue weighted by molar-refractivity contribution is 5.02. The molecule has 1 fully saturated rings. The van der Waals surface area contributed by atoms with E-state index in [-0.39, 0.29) is 5.56 Å². The van der Waals surface area contributed by atoms with Gasteiger partial charge in [-0.1, -0.05) is 0 Å². The summed E-state index contributed by atoms with van der Waals surface area (Å²) in [6.07, 6.45) is 10.8. The second-order valence-corrected chi connectivity index (χ2v) is 6.00. The van der Waals surface area contributed by atoms with E-state index < -0.39 is 0 Å². The molecular formula is C16H21N5O.